The van der Waals surface area contributed by atoms with Crippen LogP contribution in [-0.4, -0.2) is 65.2 Å². The monoisotopic (exact) mass is 940 g/mol. The predicted octanol–water partition coefficient (Wildman–Crippen LogP) is 11.0. The van der Waals surface area contributed by atoms with E-state index in [1.54, 1.807) is 30.3 Å². The van der Waals surface area contributed by atoms with Crippen molar-refractivity contribution in [1.82, 2.24) is 0 Å². The molecule has 0 aliphatic heterocycles. The minimum absolute atomic E-state index is 0.0655. The lowest BCUT2D eigenvalue weighted by Crippen LogP contribution is -2.28. The van der Waals surface area contributed by atoms with E-state index < -0.39 is 32.0 Å². The number of sulfonamides is 2. The van der Waals surface area contributed by atoms with Crippen molar-refractivity contribution >= 4 is 43.4 Å². The fourth-order valence-corrected chi connectivity index (χ4v) is 8.75. The van der Waals surface area contributed by atoms with Gasteiger partial charge in [0.2, 0.25) is 20.0 Å². The summed E-state index contributed by atoms with van der Waals surface area (Å²) in [6.07, 6.45) is 22.8. The first-order chi connectivity index (χ1) is 31.0. The molecule has 1 aliphatic rings. The lowest BCUT2D eigenvalue weighted by molar-refractivity contribution is 0.0685. The van der Waals surface area contributed by atoms with Gasteiger partial charge in [-0.15, -0.1) is 0 Å². The van der Waals surface area contributed by atoms with Crippen molar-refractivity contribution in [3.05, 3.63) is 89.7 Å². The smallest absolute Gasteiger partial charge is 0.335 e. The van der Waals surface area contributed by atoms with E-state index >= 15 is 0 Å². The number of carbonyl (C=O) groups is 2. The van der Waals surface area contributed by atoms with Crippen LogP contribution in [0.15, 0.2) is 88.4 Å². The SMILES string of the molecule is CCCCCCN(CCCCC)c1cc(C(=O)O)cc(S(N)(=O)=O)c1Oc1ccccc1.CCCCCCN(CCCCCC)c1cc(C(=O)O)cc(S(N)(=O)=O)c1OC1=CCCC=C1. The Morgan fingerprint density at radius 3 is 1.34 bits per heavy atom. The van der Waals surface area contributed by atoms with Gasteiger partial charge in [-0.1, -0.05) is 123 Å². The summed E-state index contributed by atoms with van der Waals surface area (Å²) in [7, 11) is -8.46. The Balaban J connectivity index is 0.000000345. The first kappa shape index (κ1) is 54.4. The van der Waals surface area contributed by atoms with Gasteiger partial charge in [-0.2, -0.15) is 0 Å². The first-order valence-electron chi connectivity index (χ1n) is 23.2. The highest BCUT2D eigenvalue weighted by atomic mass is 32.2. The van der Waals surface area contributed by atoms with Crippen molar-refractivity contribution in [3.8, 4) is 17.2 Å². The zero-order chi connectivity index (χ0) is 47.8. The molecule has 0 radical (unpaired) electrons. The average Bonchev–Trinajstić information content (AvgIpc) is 3.27. The third-order valence-electron chi connectivity index (χ3n) is 10.9. The van der Waals surface area contributed by atoms with E-state index in [2.05, 4.69) is 32.6 Å². The fourth-order valence-electron chi connectivity index (χ4n) is 7.36. The van der Waals surface area contributed by atoms with Crippen molar-refractivity contribution in [1.29, 1.82) is 0 Å². The second-order valence-electron chi connectivity index (χ2n) is 16.3. The lowest BCUT2D eigenvalue weighted by atomic mass is 10.1. The van der Waals surface area contributed by atoms with Crippen molar-refractivity contribution in [2.75, 3.05) is 36.0 Å². The van der Waals surface area contributed by atoms with Crippen LogP contribution >= 0.6 is 0 Å². The summed E-state index contributed by atoms with van der Waals surface area (Å²) in [6.45, 7) is 11.2. The molecule has 6 N–H and O–H groups in total. The van der Waals surface area contributed by atoms with Crippen LogP contribution in [0.4, 0.5) is 11.4 Å². The van der Waals surface area contributed by atoms with Gasteiger partial charge in [0.05, 0.1) is 22.5 Å². The molecule has 0 heterocycles. The molecule has 0 saturated heterocycles. The number of allylic oxidation sites excluding steroid dienone is 3. The summed E-state index contributed by atoms with van der Waals surface area (Å²) in [5.74, 6) is -1.28. The van der Waals surface area contributed by atoms with E-state index in [9.17, 15) is 36.6 Å². The topological polar surface area (TPSA) is 220 Å². The van der Waals surface area contributed by atoms with Gasteiger partial charge in [0.1, 0.15) is 21.3 Å². The number of carboxylic acid groups (broad SMARTS) is 2. The van der Waals surface area contributed by atoms with Crippen LogP contribution in [-0.2, 0) is 20.0 Å². The van der Waals surface area contributed by atoms with Gasteiger partial charge >= 0.3 is 11.9 Å². The van der Waals surface area contributed by atoms with Gasteiger partial charge < -0.3 is 29.5 Å². The Hall–Kier alpha value is -4.90. The number of carboxylic acids is 2. The van der Waals surface area contributed by atoms with Gasteiger partial charge in [-0.25, -0.2) is 36.7 Å². The number of rotatable bonds is 29. The molecule has 360 valence electrons. The molecule has 0 bridgehead atoms. The summed E-state index contributed by atoms with van der Waals surface area (Å²) in [6, 6.07) is 14.0. The Kier molecular flexibility index (Phi) is 23.6. The minimum Gasteiger partial charge on any atom is -0.478 e. The molecular weight excluding hydrogens is 869 g/mol. The Bertz CT molecular complexity index is 2240. The van der Waals surface area contributed by atoms with Gasteiger partial charge in [0.15, 0.2) is 11.5 Å². The van der Waals surface area contributed by atoms with E-state index in [1.165, 1.54) is 12.1 Å². The van der Waals surface area contributed by atoms with Crippen molar-refractivity contribution in [2.24, 2.45) is 10.3 Å². The second kappa shape index (κ2) is 28.2. The number of para-hydroxylation sites is 1. The van der Waals surface area contributed by atoms with Crippen LogP contribution in [0.2, 0.25) is 0 Å². The van der Waals surface area contributed by atoms with Gasteiger partial charge in [-0.3, -0.25) is 0 Å². The molecule has 4 rings (SSSR count). The number of ether oxygens (including phenoxy) is 2. The van der Waals surface area contributed by atoms with E-state index in [0.717, 1.165) is 121 Å². The summed E-state index contributed by atoms with van der Waals surface area (Å²) < 4.78 is 62.0. The maximum absolute atomic E-state index is 12.5. The summed E-state index contributed by atoms with van der Waals surface area (Å²) in [5, 5.41) is 30.3. The van der Waals surface area contributed by atoms with Gasteiger partial charge in [-0.05, 0) is 87.1 Å². The number of anilines is 2. The molecule has 14 nitrogen and oxygen atoms in total. The second-order valence-corrected chi connectivity index (χ2v) is 19.4. The Labute approximate surface area is 387 Å². The highest BCUT2D eigenvalue weighted by molar-refractivity contribution is 7.89. The summed E-state index contributed by atoms with van der Waals surface area (Å²) in [4.78, 5) is 27.1. The fraction of sp³-hybridized carbons (Fsp3) is 0.510. The standard InChI is InChI=1S/C25H38N2O5S.C24H34N2O5S/c1-3-5-7-12-16-27(17-13-8-6-4-2)22-18-20(25(28)29)19-23(33(26,30)31)24(22)32-21-14-10-9-11-15-21;1-3-5-7-12-16-26(15-11-6-4-2)21-17-19(24(27)28)18-22(32(25,29)30)23(21)31-20-13-9-8-10-14-20/h10,14-15,18-19H,3-9,11-13,16-17H2,1-2H3,(H,28,29)(H2,26,30,31);8-10,13-14,17-18H,3-7,11-12,15-16H2,1-2H3,(H,27,28)(H2,25,29,30). The maximum atomic E-state index is 12.5. The largest absolute Gasteiger partial charge is 0.478 e. The van der Waals surface area contributed by atoms with Gasteiger partial charge in [0, 0.05) is 26.2 Å². The van der Waals surface area contributed by atoms with E-state index in [4.69, 9.17) is 19.8 Å². The lowest BCUT2D eigenvalue weighted by Gasteiger charge is -2.29. The molecule has 65 heavy (non-hydrogen) atoms. The van der Waals surface area contributed by atoms with Gasteiger partial charge in [0.25, 0.3) is 0 Å². The number of aromatic carboxylic acids is 2. The van der Waals surface area contributed by atoms with Crippen LogP contribution in [0.5, 0.6) is 17.2 Å². The molecular formula is C49H72N4O10S2. The van der Waals surface area contributed by atoms with Crippen molar-refractivity contribution in [3.63, 3.8) is 0 Å². The molecule has 0 saturated carbocycles. The molecule has 16 heteroatoms. The Morgan fingerprint density at radius 2 is 0.969 bits per heavy atom. The number of hydrogen-bond acceptors (Lipinski definition) is 10. The quantitative estimate of drug-likeness (QED) is 0.0478. The number of unbranched alkanes of at least 4 members (excludes halogenated alkanes) is 11. The highest BCUT2D eigenvalue weighted by Crippen LogP contribution is 2.41. The Morgan fingerprint density at radius 1 is 0.569 bits per heavy atom. The number of benzene rings is 3. The summed E-state index contributed by atoms with van der Waals surface area (Å²) in [5.41, 5.74) is 0.636. The van der Waals surface area contributed by atoms with Crippen molar-refractivity contribution < 1.29 is 46.1 Å². The number of nitrogens with zero attached hydrogens (tertiary/aromatic N) is 2. The van der Waals surface area contributed by atoms with E-state index in [1.807, 2.05) is 23.1 Å². The van der Waals surface area contributed by atoms with Crippen LogP contribution in [0, 0.1) is 0 Å². The average molecular weight is 941 g/mol. The zero-order valence-electron chi connectivity index (χ0n) is 38.8. The van der Waals surface area contributed by atoms with E-state index in [-0.39, 0.29) is 32.4 Å². The number of nitrogens with two attached hydrogens (primary N) is 2. The molecule has 3 aromatic rings. The molecule has 0 unspecified atom stereocenters. The first-order valence-corrected chi connectivity index (χ1v) is 26.3. The van der Waals surface area contributed by atoms with Crippen LogP contribution < -0.4 is 29.6 Å². The molecule has 3 aromatic carbocycles. The maximum Gasteiger partial charge on any atom is 0.335 e. The van der Waals surface area contributed by atoms with Crippen LogP contribution in [0.3, 0.4) is 0 Å². The molecule has 0 aromatic heterocycles. The van der Waals surface area contributed by atoms with Crippen molar-refractivity contribution in [2.45, 2.75) is 147 Å². The molecule has 0 atom stereocenters. The predicted molar refractivity (Wildman–Crippen MR) is 260 cm³/mol. The minimum atomic E-state index is -4.23. The normalized spacial score (nSPS) is 12.5. The van der Waals surface area contributed by atoms with Crippen LogP contribution in [0.25, 0.3) is 0 Å². The highest BCUT2D eigenvalue weighted by Gasteiger charge is 2.28. The zero-order valence-corrected chi connectivity index (χ0v) is 40.4. The number of primary sulfonamides is 2. The number of hydrogen-bond donors (Lipinski definition) is 4. The van der Waals surface area contributed by atoms with E-state index in [0.29, 0.717) is 49.1 Å². The third-order valence-corrected chi connectivity index (χ3v) is 12.7. The molecule has 1 aliphatic carbocycles. The van der Waals surface area contributed by atoms with Crippen LogP contribution in [0.1, 0.15) is 158 Å². The molecule has 0 fully saturated rings. The summed E-state index contributed by atoms with van der Waals surface area (Å²) >= 11 is 0. The molecule has 0 spiro atoms. The third kappa shape index (κ3) is 18.5. The molecule has 0 amide bonds.